The number of ether oxygens (including phenoxy) is 2. The van der Waals surface area contributed by atoms with E-state index in [-0.39, 0.29) is 18.7 Å². The molecule has 0 radical (unpaired) electrons. The number of alkyl halides is 6. The highest BCUT2D eigenvalue weighted by Crippen LogP contribution is 2.37. The van der Waals surface area contributed by atoms with Gasteiger partial charge >= 0.3 is 12.4 Å². The maximum Gasteiger partial charge on any atom is 0.416 e. The number of amides is 1. The number of carbonyl (C=O) groups excluding carboxylic acids is 1. The van der Waals surface area contributed by atoms with Crippen molar-refractivity contribution in [1.82, 2.24) is 14.7 Å². The zero-order chi connectivity index (χ0) is 31.4. The number of piperazine rings is 1. The van der Waals surface area contributed by atoms with Gasteiger partial charge in [-0.05, 0) is 62.1 Å². The smallest absolute Gasteiger partial charge is 0.380 e. The van der Waals surface area contributed by atoms with Crippen molar-refractivity contribution in [1.29, 1.82) is 0 Å². The van der Waals surface area contributed by atoms with Crippen LogP contribution in [0.3, 0.4) is 0 Å². The van der Waals surface area contributed by atoms with E-state index < -0.39 is 41.0 Å². The first kappa shape index (κ1) is 33.2. The van der Waals surface area contributed by atoms with Gasteiger partial charge in [0.15, 0.2) is 0 Å². The summed E-state index contributed by atoms with van der Waals surface area (Å²) < 4.78 is 92.5. The van der Waals surface area contributed by atoms with Gasteiger partial charge in [-0.25, -0.2) is 0 Å². The zero-order valence-electron chi connectivity index (χ0n) is 24.7. The lowest BCUT2D eigenvalue weighted by atomic mass is 9.97. The molecule has 2 aromatic rings. The third-order valence-corrected chi connectivity index (χ3v) is 8.27. The summed E-state index contributed by atoms with van der Waals surface area (Å²) in [6.07, 6.45) is -9.65. The van der Waals surface area contributed by atoms with E-state index in [4.69, 9.17) is 9.47 Å². The molecule has 0 aliphatic carbocycles. The molecule has 0 aromatic heterocycles. The molecule has 0 spiro atoms. The Morgan fingerprint density at radius 2 is 1.60 bits per heavy atom. The Bertz CT molecular complexity index is 1220. The Labute approximate surface area is 248 Å². The maximum atomic E-state index is 13.7. The molecule has 0 N–H and O–H groups in total. The number of rotatable bonds is 9. The molecule has 0 unspecified atom stereocenters. The minimum Gasteiger partial charge on any atom is -0.380 e. The second kappa shape index (κ2) is 14.0. The molecule has 2 fully saturated rings. The fourth-order valence-electron chi connectivity index (χ4n) is 5.67. The molecule has 238 valence electrons. The SMILES string of the molecule is CCOC[C@H]1COCCN1CCN1CCN(C(=O)c2cc(C(F)(F)F)cc(C(F)(F)F)c2)[C@H](Cc2ccc(C)c(C)c2)C1. The van der Waals surface area contributed by atoms with E-state index >= 15 is 0 Å². The summed E-state index contributed by atoms with van der Waals surface area (Å²) in [7, 11) is 0. The second-order valence-electron chi connectivity index (χ2n) is 11.3. The van der Waals surface area contributed by atoms with Gasteiger partial charge in [-0.15, -0.1) is 0 Å². The van der Waals surface area contributed by atoms with Gasteiger partial charge in [0.25, 0.3) is 5.91 Å². The number of benzene rings is 2. The molecule has 1 amide bonds. The highest BCUT2D eigenvalue weighted by molar-refractivity contribution is 5.95. The van der Waals surface area contributed by atoms with Crippen molar-refractivity contribution in [3.8, 4) is 0 Å². The first-order chi connectivity index (χ1) is 20.3. The summed E-state index contributed by atoms with van der Waals surface area (Å²) in [6.45, 7) is 11.5. The van der Waals surface area contributed by atoms with Crippen molar-refractivity contribution in [2.24, 2.45) is 0 Å². The largest absolute Gasteiger partial charge is 0.416 e. The molecule has 6 nitrogen and oxygen atoms in total. The van der Waals surface area contributed by atoms with Gasteiger partial charge in [0.05, 0.1) is 37.0 Å². The van der Waals surface area contributed by atoms with Crippen molar-refractivity contribution in [2.45, 2.75) is 51.6 Å². The van der Waals surface area contributed by atoms with Crippen LogP contribution in [0.5, 0.6) is 0 Å². The van der Waals surface area contributed by atoms with Crippen LogP contribution in [-0.2, 0) is 28.2 Å². The van der Waals surface area contributed by atoms with Gasteiger partial charge in [0, 0.05) is 57.5 Å². The van der Waals surface area contributed by atoms with Crippen molar-refractivity contribution >= 4 is 5.91 Å². The molecule has 2 aliphatic rings. The van der Waals surface area contributed by atoms with Crippen LogP contribution in [0.1, 0.15) is 45.1 Å². The van der Waals surface area contributed by atoms with Gasteiger partial charge in [-0.2, -0.15) is 26.3 Å². The summed E-state index contributed by atoms with van der Waals surface area (Å²) in [4.78, 5) is 19.6. The molecule has 2 aromatic carbocycles. The number of hydrogen-bond acceptors (Lipinski definition) is 5. The van der Waals surface area contributed by atoms with Gasteiger partial charge in [0.1, 0.15) is 0 Å². The van der Waals surface area contributed by atoms with Crippen LogP contribution in [0.4, 0.5) is 26.3 Å². The van der Waals surface area contributed by atoms with Crippen LogP contribution in [0.15, 0.2) is 36.4 Å². The number of morpholine rings is 1. The topological polar surface area (TPSA) is 45.3 Å². The molecule has 4 rings (SSSR count). The van der Waals surface area contributed by atoms with Gasteiger partial charge in [0.2, 0.25) is 0 Å². The summed E-state index contributed by atoms with van der Waals surface area (Å²) in [6, 6.07) is 6.70. The van der Waals surface area contributed by atoms with Gasteiger partial charge in [-0.1, -0.05) is 18.2 Å². The molecule has 0 bridgehead atoms. The second-order valence-corrected chi connectivity index (χ2v) is 11.3. The Balaban J connectivity index is 1.57. The van der Waals surface area contributed by atoms with E-state index in [0.717, 1.165) is 29.8 Å². The van der Waals surface area contributed by atoms with Crippen LogP contribution in [0.25, 0.3) is 0 Å². The number of carbonyl (C=O) groups is 1. The van der Waals surface area contributed by atoms with E-state index in [0.29, 0.717) is 64.6 Å². The quantitative estimate of drug-likeness (QED) is 0.352. The number of halogens is 6. The van der Waals surface area contributed by atoms with Crippen LogP contribution in [0.2, 0.25) is 0 Å². The molecule has 0 saturated carbocycles. The van der Waals surface area contributed by atoms with Gasteiger partial charge < -0.3 is 14.4 Å². The normalized spacial score (nSPS) is 20.9. The summed E-state index contributed by atoms with van der Waals surface area (Å²) in [5.41, 5.74) is -0.518. The minimum atomic E-state index is -5.03. The van der Waals surface area contributed by atoms with E-state index in [1.807, 2.05) is 39.0 Å². The van der Waals surface area contributed by atoms with Crippen LogP contribution >= 0.6 is 0 Å². The third kappa shape index (κ3) is 8.71. The van der Waals surface area contributed by atoms with E-state index in [1.165, 1.54) is 4.90 Å². The van der Waals surface area contributed by atoms with Crippen molar-refractivity contribution in [2.75, 3.05) is 65.7 Å². The molecule has 2 saturated heterocycles. The van der Waals surface area contributed by atoms with E-state index in [1.54, 1.807) is 0 Å². The average molecular weight is 616 g/mol. The maximum absolute atomic E-state index is 13.7. The van der Waals surface area contributed by atoms with E-state index in [2.05, 4.69) is 9.80 Å². The van der Waals surface area contributed by atoms with Crippen LogP contribution < -0.4 is 0 Å². The summed E-state index contributed by atoms with van der Waals surface area (Å²) in [5, 5.41) is 0. The Morgan fingerprint density at radius 1 is 0.907 bits per heavy atom. The van der Waals surface area contributed by atoms with Crippen LogP contribution in [-0.4, -0.2) is 98.4 Å². The van der Waals surface area contributed by atoms with Crippen molar-refractivity contribution < 1.29 is 40.6 Å². The van der Waals surface area contributed by atoms with E-state index in [9.17, 15) is 31.1 Å². The van der Waals surface area contributed by atoms with Crippen molar-refractivity contribution in [3.63, 3.8) is 0 Å². The molecule has 12 heteroatoms. The molecule has 2 aliphatic heterocycles. The highest BCUT2D eigenvalue weighted by atomic mass is 19.4. The highest BCUT2D eigenvalue weighted by Gasteiger charge is 2.39. The third-order valence-electron chi connectivity index (χ3n) is 8.27. The van der Waals surface area contributed by atoms with Crippen LogP contribution in [0, 0.1) is 13.8 Å². The molecule has 2 heterocycles. The predicted octanol–water partition coefficient (Wildman–Crippen LogP) is 5.45. The Kier molecular flexibility index (Phi) is 10.8. The molecule has 43 heavy (non-hydrogen) atoms. The predicted molar refractivity (Wildman–Crippen MR) is 150 cm³/mol. The number of hydrogen-bond donors (Lipinski definition) is 0. The number of aryl methyl sites for hydroxylation is 2. The Hall–Kier alpha value is -2.67. The zero-order valence-corrected chi connectivity index (χ0v) is 24.7. The average Bonchev–Trinajstić information content (AvgIpc) is 2.96. The fraction of sp³-hybridized carbons (Fsp3) is 0.581. The fourth-order valence-corrected chi connectivity index (χ4v) is 5.67. The summed E-state index contributed by atoms with van der Waals surface area (Å²) >= 11 is 0. The Morgan fingerprint density at radius 3 is 2.23 bits per heavy atom. The first-order valence-electron chi connectivity index (χ1n) is 14.5. The van der Waals surface area contributed by atoms with Gasteiger partial charge in [-0.3, -0.25) is 14.6 Å². The number of nitrogens with zero attached hydrogens (tertiary/aromatic N) is 3. The standard InChI is InChI=1S/C31H39F6N3O3/c1-4-42-19-28-20-43-12-11-39(28)9-7-38-8-10-40(27(18-38)14-23-6-5-21(2)22(3)13-23)29(41)24-15-25(30(32,33)34)17-26(16-24)31(35,36)37/h5-6,13,15-17,27-28H,4,7-12,14,18-20H2,1-3H3/t27-,28+/m1/s1. The lowest BCUT2D eigenvalue weighted by Crippen LogP contribution is -2.58. The first-order valence-corrected chi connectivity index (χ1v) is 14.5. The summed E-state index contributed by atoms with van der Waals surface area (Å²) in [5.74, 6) is -0.838. The lowest BCUT2D eigenvalue weighted by molar-refractivity contribution is -0.143. The minimum absolute atomic E-state index is 0.0474. The lowest BCUT2D eigenvalue weighted by Gasteiger charge is -2.43. The molecular weight excluding hydrogens is 576 g/mol. The molecular formula is C31H39F6N3O3. The monoisotopic (exact) mass is 615 g/mol. The molecule has 2 atom stereocenters. The van der Waals surface area contributed by atoms with Crippen molar-refractivity contribution in [3.05, 3.63) is 69.8 Å².